The summed E-state index contributed by atoms with van der Waals surface area (Å²) in [5, 5.41) is 9.09. The van der Waals surface area contributed by atoms with Crippen molar-refractivity contribution in [1.82, 2.24) is 14.9 Å². The molecule has 0 aliphatic rings. The highest BCUT2D eigenvalue weighted by molar-refractivity contribution is 7.10. The topological polar surface area (TPSA) is 59.8 Å². The Bertz CT molecular complexity index is 357. The second kappa shape index (κ2) is 4.01. The largest absolute Gasteiger partial charge is 0.273 e. The van der Waals surface area contributed by atoms with E-state index in [9.17, 15) is 4.79 Å². The average molecular weight is 208 g/mol. The number of hydrogen-bond donors (Lipinski definition) is 1. The van der Waals surface area contributed by atoms with Crippen molar-refractivity contribution in [2.75, 3.05) is 5.43 Å². The molecule has 2 aromatic heterocycles. The fourth-order valence-electron chi connectivity index (χ4n) is 1.01. The van der Waals surface area contributed by atoms with Crippen molar-refractivity contribution in [2.45, 2.75) is 6.42 Å². The van der Waals surface area contributed by atoms with E-state index in [1.165, 1.54) is 17.3 Å². The maximum atomic E-state index is 11.4. The molecule has 2 aromatic rings. The molecule has 0 aliphatic heterocycles. The van der Waals surface area contributed by atoms with Gasteiger partial charge in [0.1, 0.15) is 12.7 Å². The molecule has 2 heterocycles. The van der Waals surface area contributed by atoms with Gasteiger partial charge in [0.15, 0.2) is 0 Å². The van der Waals surface area contributed by atoms with E-state index in [2.05, 4.69) is 15.6 Å². The monoisotopic (exact) mass is 208 g/mol. The van der Waals surface area contributed by atoms with Crippen LogP contribution in [0.15, 0.2) is 30.2 Å². The molecule has 0 spiro atoms. The van der Waals surface area contributed by atoms with Crippen LogP contribution < -0.4 is 5.43 Å². The van der Waals surface area contributed by atoms with Gasteiger partial charge in [-0.2, -0.15) is 0 Å². The molecule has 1 amide bonds. The maximum absolute atomic E-state index is 11.4. The summed E-state index contributed by atoms with van der Waals surface area (Å²) in [5.41, 5.74) is 2.62. The standard InChI is InChI=1S/C8H8N4OS/c13-8(4-7-2-1-3-14-7)11-12-5-9-10-6-12/h1-3,5-6H,4H2,(H,11,13). The third-order valence-electron chi connectivity index (χ3n) is 1.59. The van der Waals surface area contributed by atoms with Crippen LogP contribution in [0.1, 0.15) is 4.88 Å². The molecule has 14 heavy (non-hydrogen) atoms. The van der Waals surface area contributed by atoms with Gasteiger partial charge in [-0.1, -0.05) is 6.07 Å². The minimum Gasteiger partial charge on any atom is -0.273 e. The zero-order chi connectivity index (χ0) is 9.80. The lowest BCUT2D eigenvalue weighted by Gasteiger charge is -2.02. The van der Waals surface area contributed by atoms with E-state index < -0.39 is 0 Å². The second-order valence-corrected chi connectivity index (χ2v) is 3.69. The van der Waals surface area contributed by atoms with Crippen LogP contribution in [0.4, 0.5) is 0 Å². The average Bonchev–Trinajstić information content (AvgIpc) is 2.76. The Morgan fingerprint density at radius 3 is 2.93 bits per heavy atom. The summed E-state index contributed by atoms with van der Waals surface area (Å²) < 4.78 is 1.43. The van der Waals surface area contributed by atoms with Crippen LogP contribution in [0, 0.1) is 0 Å². The minimum absolute atomic E-state index is 0.0766. The molecular formula is C8H8N4OS. The van der Waals surface area contributed by atoms with Gasteiger partial charge in [-0.3, -0.25) is 10.2 Å². The summed E-state index contributed by atoms with van der Waals surface area (Å²) in [6, 6.07) is 3.85. The summed E-state index contributed by atoms with van der Waals surface area (Å²) >= 11 is 1.56. The number of nitrogens with one attached hydrogen (secondary N) is 1. The van der Waals surface area contributed by atoms with Crippen LogP contribution in [0.5, 0.6) is 0 Å². The van der Waals surface area contributed by atoms with Gasteiger partial charge in [0.05, 0.1) is 6.42 Å². The van der Waals surface area contributed by atoms with Gasteiger partial charge in [0.25, 0.3) is 0 Å². The van der Waals surface area contributed by atoms with Gasteiger partial charge < -0.3 is 0 Å². The Kier molecular flexibility index (Phi) is 2.55. The van der Waals surface area contributed by atoms with Gasteiger partial charge in [-0.05, 0) is 11.4 Å². The van der Waals surface area contributed by atoms with Gasteiger partial charge in [-0.25, -0.2) is 4.68 Å². The first kappa shape index (κ1) is 8.89. The maximum Gasteiger partial charge on any atom is 0.244 e. The lowest BCUT2D eigenvalue weighted by molar-refractivity contribution is -0.116. The zero-order valence-corrected chi connectivity index (χ0v) is 8.07. The Balaban J connectivity index is 1.91. The third-order valence-corrected chi connectivity index (χ3v) is 2.46. The molecular weight excluding hydrogens is 200 g/mol. The van der Waals surface area contributed by atoms with Crippen molar-refractivity contribution < 1.29 is 4.79 Å². The normalized spacial score (nSPS) is 10.0. The molecule has 2 rings (SSSR count). The van der Waals surface area contributed by atoms with E-state index in [4.69, 9.17) is 0 Å². The Labute approximate surface area is 84.4 Å². The Morgan fingerprint density at radius 1 is 1.50 bits per heavy atom. The van der Waals surface area contributed by atoms with Crippen molar-refractivity contribution in [2.24, 2.45) is 0 Å². The number of nitrogens with zero attached hydrogens (tertiary/aromatic N) is 3. The lowest BCUT2D eigenvalue weighted by Crippen LogP contribution is -2.22. The zero-order valence-electron chi connectivity index (χ0n) is 7.25. The first-order chi connectivity index (χ1) is 6.84. The molecule has 0 unspecified atom stereocenters. The summed E-state index contributed by atoms with van der Waals surface area (Å²) in [6.45, 7) is 0. The number of amides is 1. The third kappa shape index (κ3) is 2.17. The first-order valence-electron chi connectivity index (χ1n) is 4.01. The number of hydrogen-bond acceptors (Lipinski definition) is 4. The quantitative estimate of drug-likeness (QED) is 0.805. The fraction of sp³-hybridized carbons (Fsp3) is 0.125. The molecule has 0 atom stereocenters. The van der Waals surface area contributed by atoms with Crippen LogP contribution in [0.25, 0.3) is 0 Å². The van der Waals surface area contributed by atoms with Crippen LogP contribution in [-0.2, 0) is 11.2 Å². The van der Waals surface area contributed by atoms with Gasteiger partial charge in [0.2, 0.25) is 5.91 Å². The highest BCUT2D eigenvalue weighted by atomic mass is 32.1. The number of thiophene rings is 1. The van der Waals surface area contributed by atoms with Gasteiger partial charge in [-0.15, -0.1) is 21.5 Å². The minimum atomic E-state index is -0.0766. The molecule has 0 bridgehead atoms. The smallest absolute Gasteiger partial charge is 0.244 e. The number of carbonyl (C=O) groups excluding carboxylic acids is 1. The van der Waals surface area contributed by atoms with E-state index in [0.29, 0.717) is 6.42 Å². The van der Waals surface area contributed by atoms with Crippen molar-refractivity contribution in [3.05, 3.63) is 35.0 Å². The van der Waals surface area contributed by atoms with Crippen molar-refractivity contribution in [1.29, 1.82) is 0 Å². The van der Waals surface area contributed by atoms with E-state index in [-0.39, 0.29) is 5.91 Å². The van der Waals surface area contributed by atoms with E-state index in [0.717, 1.165) is 4.88 Å². The second-order valence-electron chi connectivity index (χ2n) is 2.66. The highest BCUT2D eigenvalue weighted by Gasteiger charge is 2.03. The van der Waals surface area contributed by atoms with Crippen molar-refractivity contribution in [3.8, 4) is 0 Å². The Morgan fingerprint density at radius 2 is 2.29 bits per heavy atom. The first-order valence-corrected chi connectivity index (χ1v) is 4.89. The molecule has 72 valence electrons. The lowest BCUT2D eigenvalue weighted by atomic mass is 10.3. The molecule has 0 aromatic carbocycles. The summed E-state index contributed by atoms with van der Waals surface area (Å²) in [7, 11) is 0. The van der Waals surface area contributed by atoms with E-state index >= 15 is 0 Å². The van der Waals surface area contributed by atoms with Crippen LogP contribution >= 0.6 is 11.3 Å². The predicted molar refractivity (Wildman–Crippen MR) is 52.4 cm³/mol. The highest BCUT2D eigenvalue weighted by Crippen LogP contribution is 2.08. The molecule has 0 radical (unpaired) electrons. The van der Waals surface area contributed by atoms with E-state index in [1.54, 1.807) is 11.3 Å². The van der Waals surface area contributed by atoms with Crippen LogP contribution in [0.3, 0.4) is 0 Å². The van der Waals surface area contributed by atoms with Crippen molar-refractivity contribution in [3.63, 3.8) is 0 Å². The number of aromatic nitrogens is 3. The van der Waals surface area contributed by atoms with E-state index in [1.807, 2.05) is 17.5 Å². The molecule has 6 heteroatoms. The van der Waals surface area contributed by atoms with Crippen LogP contribution in [0.2, 0.25) is 0 Å². The molecule has 0 aliphatic carbocycles. The van der Waals surface area contributed by atoms with Gasteiger partial charge >= 0.3 is 0 Å². The number of rotatable bonds is 3. The SMILES string of the molecule is O=C(Cc1cccs1)Nn1cnnc1. The molecule has 5 nitrogen and oxygen atoms in total. The summed E-state index contributed by atoms with van der Waals surface area (Å²) in [4.78, 5) is 12.4. The summed E-state index contributed by atoms with van der Waals surface area (Å²) in [5.74, 6) is -0.0766. The van der Waals surface area contributed by atoms with Gasteiger partial charge in [0, 0.05) is 4.88 Å². The molecule has 1 N–H and O–H groups in total. The molecule has 0 saturated heterocycles. The molecule has 0 fully saturated rings. The predicted octanol–water partition coefficient (Wildman–Crippen LogP) is 0.652. The van der Waals surface area contributed by atoms with Crippen LogP contribution in [-0.4, -0.2) is 20.8 Å². The number of carbonyl (C=O) groups is 1. The van der Waals surface area contributed by atoms with Crippen molar-refractivity contribution >= 4 is 17.2 Å². The summed E-state index contributed by atoms with van der Waals surface area (Å²) in [6.07, 6.45) is 3.26. The molecule has 0 saturated carbocycles. The fourth-order valence-corrected chi connectivity index (χ4v) is 1.72. The Hall–Kier alpha value is -1.69.